The quantitative estimate of drug-likeness (QED) is 0.323. The number of hydrogen-bond acceptors (Lipinski definition) is 7. The number of fused-ring (bicyclic) bond motifs is 1. The van der Waals surface area contributed by atoms with Crippen LogP contribution in [0, 0.1) is 0 Å². The van der Waals surface area contributed by atoms with Crippen LogP contribution in [-0.4, -0.2) is 69.8 Å². The SMILES string of the molecule is CC(C)(F)C(=O)N1CCOC(C2=C3C=NC=C[N+]3(N)C(c3ccc(C(=O)Nc4cc(C(F)(F)F)ccn4)cc3)=N2)C1. The zero-order valence-corrected chi connectivity index (χ0v) is 22.0. The molecule has 1 aromatic heterocycles. The van der Waals surface area contributed by atoms with E-state index in [4.69, 9.17) is 15.6 Å². The van der Waals surface area contributed by atoms with Crippen molar-refractivity contribution in [2.75, 3.05) is 25.0 Å². The Morgan fingerprint density at radius 1 is 1.15 bits per heavy atom. The van der Waals surface area contributed by atoms with Gasteiger partial charge < -0.3 is 15.0 Å². The number of carbonyl (C=O) groups excluding carboxylic acids is 2. The largest absolute Gasteiger partial charge is 0.416 e. The number of rotatable bonds is 5. The predicted molar refractivity (Wildman–Crippen MR) is 141 cm³/mol. The number of nitrogens with one attached hydrogen (secondary N) is 1. The number of nitrogens with two attached hydrogens (primary N) is 1. The molecule has 0 saturated carbocycles. The standard InChI is InChI=1S/C27H25F4N7O3/c1-26(2,28)25(40)37-10-12-41-20(15-37)22-19-14-33-9-11-38(19,32)23(36-22)16-3-5-17(6-4-16)24(39)35-21-13-18(7-8-34-21)27(29,30)31/h3-9,11,13-14,20H,10,12,15,32H2,1-2H3/p+1. The molecule has 1 fully saturated rings. The highest BCUT2D eigenvalue weighted by Gasteiger charge is 2.47. The number of aliphatic imine (C=N–C) groups is 2. The minimum Gasteiger partial charge on any atom is -0.368 e. The number of hydrogen-bond donors (Lipinski definition) is 2. The molecule has 2 unspecified atom stereocenters. The molecule has 0 radical (unpaired) electrons. The van der Waals surface area contributed by atoms with E-state index in [0.29, 0.717) is 22.8 Å². The molecule has 1 saturated heterocycles. The Kier molecular flexibility index (Phi) is 7.09. The molecule has 3 N–H and O–H groups in total. The van der Waals surface area contributed by atoms with Gasteiger partial charge in [-0.1, -0.05) is 0 Å². The van der Waals surface area contributed by atoms with Gasteiger partial charge in [0.15, 0.2) is 5.67 Å². The van der Waals surface area contributed by atoms with Crippen LogP contribution >= 0.6 is 0 Å². The highest BCUT2D eigenvalue weighted by Crippen LogP contribution is 2.35. The molecule has 1 aromatic carbocycles. The van der Waals surface area contributed by atoms with Crippen molar-refractivity contribution in [1.29, 1.82) is 0 Å². The lowest BCUT2D eigenvalue weighted by atomic mass is 10.1. The van der Waals surface area contributed by atoms with Gasteiger partial charge in [0.1, 0.15) is 23.8 Å². The van der Waals surface area contributed by atoms with Crippen molar-refractivity contribution in [3.05, 3.63) is 83.1 Å². The molecular formula is C27H26F4N7O3+. The maximum absolute atomic E-state index is 14.4. The number of halogens is 4. The third-order valence-electron chi connectivity index (χ3n) is 6.72. The van der Waals surface area contributed by atoms with Crippen molar-refractivity contribution in [2.45, 2.75) is 31.8 Å². The number of ether oxygens (including phenoxy) is 1. The topological polar surface area (TPSA) is 122 Å². The van der Waals surface area contributed by atoms with Crippen molar-refractivity contribution < 1.29 is 36.5 Å². The second-order valence-electron chi connectivity index (χ2n) is 10.1. The van der Waals surface area contributed by atoms with E-state index in [0.717, 1.165) is 18.3 Å². The lowest BCUT2D eigenvalue weighted by Crippen LogP contribution is -2.54. The number of anilines is 1. The van der Waals surface area contributed by atoms with Crippen molar-refractivity contribution in [2.24, 2.45) is 15.8 Å². The van der Waals surface area contributed by atoms with Crippen LogP contribution in [0.4, 0.5) is 23.4 Å². The summed E-state index contributed by atoms with van der Waals surface area (Å²) in [7, 11) is 0. The molecule has 2 atom stereocenters. The number of morpholine rings is 1. The molecular weight excluding hydrogens is 546 g/mol. The number of allylic oxidation sites excluding steroid dienone is 1. The number of carbonyl (C=O) groups is 2. The van der Waals surface area contributed by atoms with Gasteiger partial charge in [-0.2, -0.15) is 24.0 Å². The summed E-state index contributed by atoms with van der Waals surface area (Å²) in [4.78, 5) is 39.4. The third kappa shape index (κ3) is 5.53. The van der Waals surface area contributed by atoms with E-state index < -0.39 is 35.3 Å². The molecule has 2 amide bonds. The van der Waals surface area contributed by atoms with Crippen LogP contribution in [0.25, 0.3) is 0 Å². The first kappa shape index (κ1) is 28.3. The van der Waals surface area contributed by atoms with E-state index in [2.05, 4.69) is 15.3 Å². The zero-order valence-electron chi connectivity index (χ0n) is 22.0. The Labute approximate surface area is 232 Å². The zero-order chi connectivity index (χ0) is 29.6. The average Bonchev–Trinajstić information content (AvgIpc) is 3.25. The molecule has 0 aliphatic carbocycles. The maximum Gasteiger partial charge on any atom is 0.416 e. The summed E-state index contributed by atoms with van der Waals surface area (Å²) in [5.74, 6) is 5.57. The summed E-state index contributed by atoms with van der Waals surface area (Å²) in [6.45, 7) is 2.89. The monoisotopic (exact) mass is 572 g/mol. The molecule has 41 heavy (non-hydrogen) atoms. The van der Waals surface area contributed by atoms with Crippen molar-refractivity contribution >= 4 is 29.7 Å². The minimum atomic E-state index is -4.58. The summed E-state index contributed by atoms with van der Waals surface area (Å²) in [5.41, 5.74) is -1.34. The number of quaternary nitrogens is 1. The van der Waals surface area contributed by atoms with Gasteiger partial charge in [-0.15, -0.1) is 4.59 Å². The number of amides is 2. The smallest absolute Gasteiger partial charge is 0.368 e. The molecule has 214 valence electrons. The van der Waals surface area contributed by atoms with Gasteiger partial charge >= 0.3 is 6.18 Å². The van der Waals surface area contributed by atoms with Gasteiger partial charge in [-0.25, -0.2) is 9.37 Å². The van der Waals surface area contributed by atoms with Crippen LogP contribution in [-0.2, 0) is 15.7 Å². The van der Waals surface area contributed by atoms with Crippen LogP contribution in [0.3, 0.4) is 0 Å². The molecule has 4 heterocycles. The Hall–Kier alpha value is -4.27. The summed E-state index contributed by atoms with van der Waals surface area (Å²) in [5, 5.41) is 2.37. The Balaban J connectivity index is 1.38. The normalized spacial score (nSPS) is 22.5. The first-order valence-corrected chi connectivity index (χ1v) is 12.5. The molecule has 0 spiro atoms. The van der Waals surface area contributed by atoms with E-state index >= 15 is 0 Å². The average molecular weight is 573 g/mol. The minimum absolute atomic E-state index is 0.0715. The maximum atomic E-state index is 14.4. The summed E-state index contributed by atoms with van der Waals surface area (Å²) in [6.07, 6.45) is 0.357. The van der Waals surface area contributed by atoms with Crippen molar-refractivity contribution in [3.8, 4) is 0 Å². The fraction of sp³-hybridized carbons (Fsp3) is 0.296. The van der Waals surface area contributed by atoms with Gasteiger partial charge in [-0.3, -0.25) is 14.6 Å². The van der Waals surface area contributed by atoms with E-state index in [-0.39, 0.29) is 35.7 Å². The summed E-state index contributed by atoms with van der Waals surface area (Å²) >= 11 is 0. The summed E-state index contributed by atoms with van der Waals surface area (Å²) < 4.78 is 58.9. The lowest BCUT2D eigenvalue weighted by molar-refractivity contribution is -0.750. The number of nitrogens with zero attached hydrogens (tertiary/aromatic N) is 5. The third-order valence-corrected chi connectivity index (χ3v) is 6.72. The van der Waals surface area contributed by atoms with Crippen LogP contribution in [0.1, 0.15) is 35.3 Å². The lowest BCUT2D eigenvalue weighted by Gasteiger charge is -2.35. The van der Waals surface area contributed by atoms with E-state index in [1.54, 1.807) is 24.5 Å². The van der Waals surface area contributed by atoms with Crippen molar-refractivity contribution in [1.82, 2.24) is 9.88 Å². The molecule has 14 heteroatoms. The van der Waals surface area contributed by atoms with Crippen LogP contribution in [0.5, 0.6) is 0 Å². The van der Waals surface area contributed by atoms with E-state index in [1.807, 2.05) is 0 Å². The second kappa shape index (κ2) is 10.3. The van der Waals surface area contributed by atoms with Crippen LogP contribution in [0.2, 0.25) is 0 Å². The van der Waals surface area contributed by atoms with Crippen LogP contribution < -0.4 is 11.2 Å². The Morgan fingerprint density at radius 3 is 2.56 bits per heavy atom. The summed E-state index contributed by atoms with van der Waals surface area (Å²) in [6, 6.07) is 7.72. The first-order chi connectivity index (χ1) is 19.3. The molecule has 3 aliphatic heterocycles. The predicted octanol–water partition coefficient (Wildman–Crippen LogP) is 3.55. The first-order valence-electron chi connectivity index (χ1n) is 12.5. The molecule has 0 bridgehead atoms. The highest BCUT2D eigenvalue weighted by atomic mass is 19.4. The highest BCUT2D eigenvalue weighted by molar-refractivity contribution is 6.05. The second-order valence-corrected chi connectivity index (χ2v) is 10.1. The fourth-order valence-corrected chi connectivity index (χ4v) is 4.65. The van der Waals surface area contributed by atoms with Crippen molar-refractivity contribution in [3.63, 3.8) is 0 Å². The number of amidine groups is 1. The number of aromatic nitrogens is 1. The van der Waals surface area contributed by atoms with Gasteiger partial charge in [0.05, 0.1) is 36.7 Å². The molecule has 5 rings (SSSR count). The number of pyridine rings is 1. The molecule has 2 aromatic rings. The Morgan fingerprint density at radius 2 is 1.88 bits per heavy atom. The Bertz CT molecular complexity index is 1510. The molecule has 10 nitrogen and oxygen atoms in total. The number of alkyl halides is 4. The van der Waals surface area contributed by atoms with Gasteiger partial charge in [0.2, 0.25) is 5.70 Å². The van der Waals surface area contributed by atoms with E-state index in [9.17, 15) is 27.2 Å². The van der Waals surface area contributed by atoms with Gasteiger partial charge in [-0.05, 0) is 50.2 Å². The van der Waals surface area contributed by atoms with E-state index in [1.165, 1.54) is 37.1 Å². The van der Waals surface area contributed by atoms with Gasteiger partial charge in [0, 0.05) is 18.3 Å². The van der Waals surface area contributed by atoms with Gasteiger partial charge in [0.25, 0.3) is 17.6 Å². The fourth-order valence-electron chi connectivity index (χ4n) is 4.65. The number of benzene rings is 1. The molecule has 3 aliphatic rings. The van der Waals surface area contributed by atoms with Crippen LogP contribution in [0.15, 0.2) is 76.4 Å².